The highest BCUT2D eigenvalue weighted by Crippen LogP contribution is 2.27. The number of fused-ring (bicyclic) bond motifs is 1. The van der Waals surface area contributed by atoms with Crippen molar-refractivity contribution in [2.45, 2.75) is 45.4 Å². The molecule has 0 bridgehead atoms. The van der Waals surface area contributed by atoms with Crippen molar-refractivity contribution < 1.29 is 9.53 Å². The summed E-state index contributed by atoms with van der Waals surface area (Å²) in [7, 11) is 0. The first-order valence-electron chi connectivity index (χ1n) is 9.59. The SMILES string of the molecule is CCCCOc1ccc(C(=O)/C=C/Nc2cccc3c2CCCC3)cc1. The third-order valence-corrected chi connectivity index (χ3v) is 4.77. The van der Waals surface area contributed by atoms with E-state index in [2.05, 4.69) is 30.4 Å². The lowest BCUT2D eigenvalue weighted by Crippen LogP contribution is -2.06. The lowest BCUT2D eigenvalue weighted by molar-refractivity contribution is 0.104. The number of ether oxygens (including phenoxy) is 1. The van der Waals surface area contributed by atoms with Gasteiger partial charge in [0.1, 0.15) is 5.75 Å². The first-order chi connectivity index (χ1) is 12.8. The maximum absolute atomic E-state index is 12.3. The summed E-state index contributed by atoms with van der Waals surface area (Å²) < 4.78 is 5.63. The molecule has 0 atom stereocenters. The topological polar surface area (TPSA) is 38.3 Å². The summed E-state index contributed by atoms with van der Waals surface area (Å²) in [4.78, 5) is 12.3. The second-order valence-corrected chi connectivity index (χ2v) is 6.72. The Morgan fingerprint density at radius 3 is 2.73 bits per heavy atom. The molecule has 1 N–H and O–H groups in total. The quantitative estimate of drug-likeness (QED) is 0.385. The van der Waals surface area contributed by atoms with Gasteiger partial charge in [-0.25, -0.2) is 0 Å². The zero-order valence-corrected chi connectivity index (χ0v) is 15.5. The van der Waals surface area contributed by atoms with Crippen molar-refractivity contribution >= 4 is 11.5 Å². The lowest BCUT2D eigenvalue weighted by Gasteiger charge is -2.18. The molecule has 0 aliphatic heterocycles. The number of hydrogen-bond donors (Lipinski definition) is 1. The van der Waals surface area contributed by atoms with E-state index in [-0.39, 0.29) is 5.78 Å². The molecule has 0 radical (unpaired) electrons. The maximum atomic E-state index is 12.3. The third-order valence-electron chi connectivity index (χ3n) is 4.77. The minimum absolute atomic E-state index is 0.0117. The zero-order valence-electron chi connectivity index (χ0n) is 15.5. The fraction of sp³-hybridized carbons (Fsp3) is 0.348. The van der Waals surface area contributed by atoms with Crippen LogP contribution in [-0.4, -0.2) is 12.4 Å². The Labute approximate surface area is 156 Å². The summed E-state index contributed by atoms with van der Waals surface area (Å²) in [5.74, 6) is 0.801. The number of hydrogen-bond acceptors (Lipinski definition) is 3. The summed E-state index contributed by atoms with van der Waals surface area (Å²) in [5.41, 5.74) is 4.61. The van der Waals surface area contributed by atoms with Crippen LogP contribution in [0.2, 0.25) is 0 Å². The van der Waals surface area contributed by atoms with Crippen LogP contribution in [-0.2, 0) is 12.8 Å². The number of carbonyl (C=O) groups excluding carboxylic acids is 1. The van der Waals surface area contributed by atoms with Crippen molar-refractivity contribution in [1.29, 1.82) is 0 Å². The predicted octanol–water partition coefficient (Wildman–Crippen LogP) is 5.55. The molecule has 3 heteroatoms. The summed E-state index contributed by atoms with van der Waals surface area (Å²) in [6.45, 7) is 2.85. The first kappa shape index (κ1) is 18.2. The molecule has 0 heterocycles. The normalized spacial score (nSPS) is 13.4. The molecule has 3 rings (SSSR count). The van der Waals surface area contributed by atoms with Crippen LogP contribution in [0.3, 0.4) is 0 Å². The molecular weight excluding hydrogens is 322 g/mol. The Hall–Kier alpha value is -2.55. The Kier molecular flexibility index (Phi) is 6.48. The summed E-state index contributed by atoms with van der Waals surface area (Å²) in [6, 6.07) is 13.7. The van der Waals surface area contributed by atoms with E-state index in [1.165, 1.54) is 24.0 Å². The predicted molar refractivity (Wildman–Crippen MR) is 107 cm³/mol. The fourth-order valence-electron chi connectivity index (χ4n) is 3.27. The smallest absolute Gasteiger partial charge is 0.187 e. The lowest BCUT2D eigenvalue weighted by atomic mass is 9.90. The molecule has 1 aliphatic rings. The number of rotatable bonds is 8. The van der Waals surface area contributed by atoms with Crippen LogP contribution in [0.5, 0.6) is 5.75 Å². The van der Waals surface area contributed by atoms with Crippen molar-refractivity contribution in [3.05, 3.63) is 71.4 Å². The highest BCUT2D eigenvalue weighted by Gasteiger charge is 2.12. The van der Waals surface area contributed by atoms with Gasteiger partial charge in [-0.2, -0.15) is 0 Å². The van der Waals surface area contributed by atoms with E-state index in [1.54, 1.807) is 12.3 Å². The fourth-order valence-corrected chi connectivity index (χ4v) is 3.27. The van der Waals surface area contributed by atoms with Gasteiger partial charge in [0.25, 0.3) is 0 Å². The molecule has 0 saturated carbocycles. The van der Waals surface area contributed by atoms with Crippen molar-refractivity contribution in [2.24, 2.45) is 0 Å². The van der Waals surface area contributed by atoms with Gasteiger partial charge >= 0.3 is 0 Å². The highest BCUT2D eigenvalue weighted by atomic mass is 16.5. The van der Waals surface area contributed by atoms with Crippen molar-refractivity contribution in [3.8, 4) is 5.75 Å². The highest BCUT2D eigenvalue weighted by molar-refractivity contribution is 6.04. The number of anilines is 1. The Morgan fingerprint density at radius 1 is 1.12 bits per heavy atom. The van der Waals surface area contributed by atoms with Crippen LogP contribution in [0, 0.1) is 0 Å². The number of nitrogens with one attached hydrogen (secondary N) is 1. The molecule has 26 heavy (non-hydrogen) atoms. The minimum Gasteiger partial charge on any atom is -0.494 e. The molecule has 2 aromatic carbocycles. The van der Waals surface area contributed by atoms with E-state index in [9.17, 15) is 4.79 Å². The Morgan fingerprint density at radius 2 is 1.92 bits per heavy atom. The monoisotopic (exact) mass is 349 g/mol. The molecule has 0 fully saturated rings. The summed E-state index contributed by atoms with van der Waals surface area (Å²) in [6.07, 6.45) is 10.3. The molecule has 0 amide bonds. The van der Waals surface area contributed by atoms with Crippen LogP contribution >= 0.6 is 0 Å². The van der Waals surface area contributed by atoms with Gasteiger partial charge in [0.15, 0.2) is 5.78 Å². The van der Waals surface area contributed by atoms with E-state index in [0.29, 0.717) is 5.56 Å². The first-order valence-corrected chi connectivity index (χ1v) is 9.59. The van der Waals surface area contributed by atoms with E-state index in [4.69, 9.17) is 4.74 Å². The van der Waals surface area contributed by atoms with E-state index in [1.807, 2.05) is 24.3 Å². The Balaban J connectivity index is 1.58. The molecular formula is C23H27NO2. The van der Waals surface area contributed by atoms with Crippen LogP contribution < -0.4 is 10.1 Å². The van der Waals surface area contributed by atoms with Crippen LogP contribution in [0.4, 0.5) is 5.69 Å². The standard InChI is InChI=1S/C23H27NO2/c1-2-3-17-26-20-13-11-19(12-14-20)23(25)15-16-24-22-10-6-8-18-7-4-5-9-21(18)22/h6,8,10-16,24H,2-5,7,9,17H2,1H3/b16-15+. The molecule has 3 nitrogen and oxygen atoms in total. The molecule has 0 unspecified atom stereocenters. The van der Waals surface area contributed by atoms with Crippen LogP contribution in [0.15, 0.2) is 54.7 Å². The van der Waals surface area contributed by atoms with Gasteiger partial charge in [-0.05, 0) is 73.6 Å². The van der Waals surface area contributed by atoms with Crippen LogP contribution in [0.1, 0.15) is 54.1 Å². The van der Waals surface area contributed by atoms with Crippen molar-refractivity contribution in [1.82, 2.24) is 0 Å². The third kappa shape index (κ3) is 4.75. The van der Waals surface area contributed by atoms with Gasteiger partial charge in [-0.3, -0.25) is 4.79 Å². The number of allylic oxidation sites excluding steroid dienone is 1. The van der Waals surface area contributed by atoms with E-state index < -0.39 is 0 Å². The van der Waals surface area contributed by atoms with Crippen LogP contribution in [0.25, 0.3) is 0 Å². The molecule has 2 aromatic rings. The second-order valence-electron chi connectivity index (χ2n) is 6.72. The average Bonchev–Trinajstić information content (AvgIpc) is 2.69. The molecule has 0 spiro atoms. The van der Waals surface area contributed by atoms with Gasteiger partial charge in [-0.1, -0.05) is 25.5 Å². The second kappa shape index (κ2) is 9.23. The number of carbonyl (C=O) groups is 1. The van der Waals surface area contributed by atoms with Gasteiger partial charge in [0.2, 0.25) is 0 Å². The van der Waals surface area contributed by atoms with Gasteiger partial charge in [0.05, 0.1) is 6.61 Å². The Bertz CT molecular complexity index is 762. The number of unbranched alkanes of at least 4 members (excludes halogenated alkanes) is 1. The molecule has 136 valence electrons. The van der Waals surface area contributed by atoms with Gasteiger partial charge in [0, 0.05) is 23.5 Å². The largest absolute Gasteiger partial charge is 0.494 e. The van der Waals surface area contributed by atoms with Gasteiger partial charge in [-0.15, -0.1) is 0 Å². The zero-order chi connectivity index (χ0) is 18.2. The van der Waals surface area contributed by atoms with Gasteiger partial charge < -0.3 is 10.1 Å². The average molecular weight is 349 g/mol. The number of ketones is 1. The maximum Gasteiger partial charge on any atom is 0.187 e. The molecule has 0 saturated heterocycles. The molecule has 1 aliphatic carbocycles. The number of benzene rings is 2. The van der Waals surface area contributed by atoms with E-state index in [0.717, 1.165) is 43.7 Å². The summed E-state index contributed by atoms with van der Waals surface area (Å²) in [5, 5.41) is 3.29. The summed E-state index contributed by atoms with van der Waals surface area (Å²) >= 11 is 0. The van der Waals surface area contributed by atoms with E-state index >= 15 is 0 Å². The van der Waals surface area contributed by atoms with Crippen molar-refractivity contribution in [3.63, 3.8) is 0 Å². The van der Waals surface area contributed by atoms with Crippen molar-refractivity contribution in [2.75, 3.05) is 11.9 Å². The minimum atomic E-state index is -0.0117. The molecule has 0 aromatic heterocycles. The number of aryl methyl sites for hydroxylation is 1.